The van der Waals surface area contributed by atoms with Crippen LogP contribution in [-0.4, -0.2) is 63.0 Å². The molecule has 0 radical (unpaired) electrons. The maximum atomic E-state index is 11.8. The standard InChI is InChI=1S/C15H18N2O6S/c18-6-9-11(19)12(20)10-13(23-9)24-14(16-10)17-15(21)22-7-8-4-2-1-3-5-8/h1-5,9-13,18-20H,6-7H2,(H,16,17,21). The summed E-state index contributed by atoms with van der Waals surface area (Å²) < 4.78 is 10.6. The monoisotopic (exact) mass is 354 g/mol. The lowest BCUT2D eigenvalue weighted by Crippen LogP contribution is -2.55. The van der Waals surface area contributed by atoms with Crippen molar-refractivity contribution in [3.8, 4) is 0 Å². The molecule has 0 aliphatic carbocycles. The van der Waals surface area contributed by atoms with Crippen LogP contribution >= 0.6 is 11.8 Å². The molecule has 24 heavy (non-hydrogen) atoms. The number of carbonyl (C=O) groups excluding carboxylic acids is 1. The van der Waals surface area contributed by atoms with E-state index in [9.17, 15) is 15.0 Å². The van der Waals surface area contributed by atoms with Crippen LogP contribution < -0.4 is 5.32 Å². The first-order valence-corrected chi connectivity index (χ1v) is 8.31. The van der Waals surface area contributed by atoms with Crippen molar-refractivity contribution in [2.45, 2.75) is 36.4 Å². The number of hydrogen-bond acceptors (Lipinski definition) is 8. The van der Waals surface area contributed by atoms with E-state index in [1.807, 2.05) is 30.3 Å². The molecule has 0 saturated carbocycles. The van der Waals surface area contributed by atoms with E-state index in [2.05, 4.69) is 10.3 Å². The Morgan fingerprint density at radius 2 is 2.04 bits per heavy atom. The second kappa shape index (κ2) is 7.49. The maximum absolute atomic E-state index is 11.8. The number of rotatable bonds is 3. The first kappa shape index (κ1) is 17.2. The zero-order valence-electron chi connectivity index (χ0n) is 12.6. The number of aliphatic hydroxyl groups is 3. The molecular formula is C15H18N2O6S. The Kier molecular flexibility index (Phi) is 5.36. The summed E-state index contributed by atoms with van der Waals surface area (Å²) in [6.45, 7) is -0.286. The molecule has 0 aromatic heterocycles. The van der Waals surface area contributed by atoms with Crippen LogP contribution in [0.3, 0.4) is 0 Å². The van der Waals surface area contributed by atoms with Gasteiger partial charge in [-0.05, 0) is 5.56 Å². The molecule has 130 valence electrons. The Bertz CT molecular complexity index is 613. The van der Waals surface area contributed by atoms with Crippen molar-refractivity contribution in [1.82, 2.24) is 5.32 Å². The number of aliphatic hydroxyl groups excluding tert-OH is 3. The normalized spacial score (nSPS) is 32.0. The number of amides is 1. The number of fused-ring (bicyclic) bond motifs is 1. The molecule has 2 aliphatic heterocycles. The SMILES string of the molecule is O=C(NC1=NC2C(OC(CO)C(O)C2O)S1)OCc1ccccc1. The highest BCUT2D eigenvalue weighted by Crippen LogP contribution is 2.35. The highest BCUT2D eigenvalue weighted by Gasteiger charge is 2.48. The number of aliphatic imine (C=N–C) groups is 1. The lowest BCUT2D eigenvalue weighted by atomic mass is 9.99. The number of thioether (sulfide) groups is 1. The van der Waals surface area contributed by atoms with Gasteiger partial charge in [0.25, 0.3) is 0 Å². The molecule has 1 saturated heterocycles. The Labute approximate surface area is 142 Å². The Morgan fingerprint density at radius 1 is 1.29 bits per heavy atom. The summed E-state index contributed by atoms with van der Waals surface area (Å²) in [6.07, 6.45) is -3.95. The summed E-state index contributed by atoms with van der Waals surface area (Å²) in [6, 6.07) is 8.53. The van der Waals surface area contributed by atoms with Crippen molar-refractivity contribution in [3.63, 3.8) is 0 Å². The van der Waals surface area contributed by atoms with Gasteiger partial charge in [0.2, 0.25) is 0 Å². The molecule has 2 aliphatic rings. The van der Waals surface area contributed by atoms with E-state index in [0.29, 0.717) is 0 Å². The fourth-order valence-corrected chi connectivity index (χ4v) is 3.59. The van der Waals surface area contributed by atoms with Crippen molar-refractivity contribution >= 4 is 23.0 Å². The van der Waals surface area contributed by atoms with E-state index in [0.717, 1.165) is 17.3 Å². The van der Waals surface area contributed by atoms with Gasteiger partial charge in [0, 0.05) is 0 Å². The predicted octanol–water partition coefficient (Wildman–Crippen LogP) is -0.177. The quantitative estimate of drug-likeness (QED) is 0.594. The topological polar surface area (TPSA) is 121 Å². The fourth-order valence-electron chi connectivity index (χ4n) is 2.49. The van der Waals surface area contributed by atoms with Crippen molar-refractivity contribution < 1.29 is 29.6 Å². The molecule has 5 atom stereocenters. The summed E-state index contributed by atoms with van der Waals surface area (Å²) in [7, 11) is 0. The first-order chi connectivity index (χ1) is 11.6. The molecule has 2 heterocycles. The van der Waals surface area contributed by atoms with Crippen LogP contribution in [0.25, 0.3) is 0 Å². The minimum Gasteiger partial charge on any atom is -0.444 e. The second-order valence-electron chi connectivity index (χ2n) is 5.44. The third-order valence-electron chi connectivity index (χ3n) is 3.76. The summed E-state index contributed by atoms with van der Waals surface area (Å²) in [5, 5.41) is 31.8. The van der Waals surface area contributed by atoms with Crippen LogP contribution in [0, 0.1) is 0 Å². The maximum Gasteiger partial charge on any atom is 0.413 e. The average molecular weight is 354 g/mol. The molecular weight excluding hydrogens is 336 g/mol. The summed E-state index contributed by atoms with van der Waals surface area (Å²) in [5.74, 6) is 0. The molecule has 4 N–H and O–H groups in total. The second-order valence-corrected chi connectivity index (χ2v) is 6.52. The van der Waals surface area contributed by atoms with Crippen molar-refractivity contribution in [3.05, 3.63) is 35.9 Å². The van der Waals surface area contributed by atoms with Gasteiger partial charge in [-0.3, -0.25) is 10.3 Å². The van der Waals surface area contributed by atoms with Crippen LogP contribution in [0.5, 0.6) is 0 Å². The van der Waals surface area contributed by atoms with E-state index in [4.69, 9.17) is 14.6 Å². The minimum absolute atomic E-state index is 0.127. The van der Waals surface area contributed by atoms with Gasteiger partial charge < -0.3 is 24.8 Å². The molecule has 5 unspecified atom stereocenters. The van der Waals surface area contributed by atoms with E-state index >= 15 is 0 Å². The molecule has 8 nitrogen and oxygen atoms in total. The zero-order chi connectivity index (χ0) is 17.1. The van der Waals surface area contributed by atoms with Crippen LogP contribution in [0.1, 0.15) is 5.56 Å². The summed E-state index contributed by atoms with van der Waals surface area (Å²) in [4.78, 5) is 16.0. The number of benzene rings is 1. The van der Waals surface area contributed by atoms with Gasteiger partial charge in [-0.1, -0.05) is 42.1 Å². The molecule has 1 amide bonds. The zero-order valence-corrected chi connectivity index (χ0v) is 13.4. The van der Waals surface area contributed by atoms with E-state index in [1.165, 1.54) is 0 Å². The van der Waals surface area contributed by atoms with Crippen LogP contribution in [0.15, 0.2) is 35.3 Å². The number of ether oxygens (including phenoxy) is 2. The Hall–Kier alpha value is -1.65. The Balaban J connectivity index is 1.54. The average Bonchev–Trinajstić information content (AvgIpc) is 2.99. The molecule has 1 fully saturated rings. The number of amidine groups is 1. The highest BCUT2D eigenvalue weighted by molar-refractivity contribution is 8.14. The van der Waals surface area contributed by atoms with Gasteiger partial charge in [0.1, 0.15) is 36.4 Å². The van der Waals surface area contributed by atoms with Gasteiger partial charge >= 0.3 is 6.09 Å². The summed E-state index contributed by atoms with van der Waals surface area (Å²) in [5.41, 5.74) is 0.278. The Morgan fingerprint density at radius 3 is 2.75 bits per heavy atom. The molecule has 9 heteroatoms. The smallest absolute Gasteiger partial charge is 0.413 e. The molecule has 3 rings (SSSR count). The van der Waals surface area contributed by atoms with Crippen molar-refractivity contribution in [1.29, 1.82) is 0 Å². The summed E-state index contributed by atoms with van der Waals surface area (Å²) >= 11 is 1.10. The number of nitrogens with one attached hydrogen (secondary N) is 1. The van der Waals surface area contributed by atoms with Crippen LogP contribution in [0.4, 0.5) is 4.79 Å². The van der Waals surface area contributed by atoms with Gasteiger partial charge in [0.15, 0.2) is 5.17 Å². The molecule has 0 spiro atoms. The molecule has 1 aromatic rings. The third-order valence-corrected chi connectivity index (χ3v) is 4.82. The molecule has 1 aromatic carbocycles. The van der Waals surface area contributed by atoms with Gasteiger partial charge in [-0.15, -0.1) is 0 Å². The van der Waals surface area contributed by atoms with E-state index in [-0.39, 0.29) is 11.8 Å². The van der Waals surface area contributed by atoms with Crippen molar-refractivity contribution in [2.75, 3.05) is 6.61 Å². The van der Waals surface area contributed by atoms with Crippen molar-refractivity contribution in [2.24, 2.45) is 4.99 Å². The van der Waals surface area contributed by atoms with Gasteiger partial charge in [-0.25, -0.2) is 4.79 Å². The van der Waals surface area contributed by atoms with Crippen LogP contribution in [0.2, 0.25) is 0 Å². The number of alkyl carbamates (subject to hydrolysis) is 1. The third kappa shape index (κ3) is 3.70. The largest absolute Gasteiger partial charge is 0.444 e. The fraction of sp³-hybridized carbons (Fsp3) is 0.467. The highest BCUT2D eigenvalue weighted by atomic mass is 32.2. The van der Waals surface area contributed by atoms with Gasteiger partial charge in [-0.2, -0.15) is 0 Å². The van der Waals surface area contributed by atoms with E-state index < -0.39 is 42.5 Å². The molecule has 0 bridgehead atoms. The van der Waals surface area contributed by atoms with E-state index in [1.54, 1.807) is 0 Å². The van der Waals surface area contributed by atoms with Crippen LogP contribution in [-0.2, 0) is 16.1 Å². The predicted molar refractivity (Wildman–Crippen MR) is 86.3 cm³/mol. The van der Waals surface area contributed by atoms with Gasteiger partial charge in [0.05, 0.1) is 6.61 Å². The lowest BCUT2D eigenvalue weighted by molar-refractivity contribution is -0.164. The number of nitrogens with zero attached hydrogens (tertiary/aromatic N) is 1. The number of carbonyl (C=O) groups is 1. The lowest BCUT2D eigenvalue weighted by Gasteiger charge is -2.37. The first-order valence-electron chi connectivity index (χ1n) is 7.43. The minimum atomic E-state index is -1.23. The number of hydrogen-bond donors (Lipinski definition) is 4.